The second-order valence-corrected chi connectivity index (χ2v) is 4.87. The Labute approximate surface area is 107 Å². The molecular formula is C13H22BrNO. The zero-order valence-corrected chi connectivity index (χ0v) is 11.8. The van der Waals surface area contributed by atoms with Crippen molar-refractivity contribution in [1.29, 1.82) is 0 Å². The molecule has 1 heterocycles. The predicted molar refractivity (Wildman–Crippen MR) is 71.6 cm³/mol. The Hall–Kier alpha value is -0.280. The lowest BCUT2D eigenvalue weighted by Gasteiger charge is -2.17. The van der Waals surface area contributed by atoms with E-state index in [1.807, 2.05) is 0 Å². The summed E-state index contributed by atoms with van der Waals surface area (Å²) in [7, 11) is 0. The number of rotatable bonds is 8. The van der Waals surface area contributed by atoms with Crippen LogP contribution in [0.2, 0.25) is 0 Å². The smallest absolute Gasteiger partial charge is 0.173 e. The maximum atomic E-state index is 5.31. The Balaban J connectivity index is 2.53. The number of hydrogen-bond donors (Lipinski definition) is 1. The van der Waals surface area contributed by atoms with Crippen molar-refractivity contribution in [3.8, 4) is 0 Å². The normalized spacial score (nSPS) is 12.9. The van der Waals surface area contributed by atoms with Gasteiger partial charge in [0.25, 0.3) is 0 Å². The molecular weight excluding hydrogens is 266 g/mol. The molecule has 0 saturated heterocycles. The molecule has 0 amide bonds. The first-order chi connectivity index (χ1) is 7.79. The van der Waals surface area contributed by atoms with E-state index in [2.05, 4.69) is 41.2 Å². The second kappa shape index (κ2) is 7.91. The lowest BCUT2D eigenvalue weighted by Crippen LogP contribution is -2.22. The minimum Gasteiger partial charge on any atom is -0.457 e. The highest BCUT2D eigenvalue weighted by Gasteiger charge is 2.15. The molecule has 3 heteroatoms. The lowest BCUT2D eigenvalue weighted by molar-refractivity contribution is 0.460. The summed E-state index contributed by atoms with van der Waals surface area (Å²) < 4.78 is 6.18. The molecule has 1 rings (SSSR count). The van der Waals surface area contributed by atoms with E-state index in [0.29, 0.717) is 6.04 Å². The van der Waals surface area contributed by atoms with Gasteiger partial charge in [0, 0.05) is 11.6 Å². The van der Waals surface area contributed by atoms with E-state index in [-0.39, 0.29) is 0 Å². The molecule has 1 N–H and O–H groups in total. The van der Waals surface area contributed by atoms with Gasteiger partial charge in [-0.05, 0) is 41.4 Å². The van der Waals surface area contributed by atoms with Crippen LogP contribution in [0.3, 0.4) is 0 Å². The first kappa shape index (κ1) is 13.8. The third-order valence-corrected chi connectivity index (χ3v) is 3.40. The molecule has 0 saturated carbocycles. The average Bonchev–Trinajstić information content (AvgIpc) is 2.70. The number of nitrogens with one attached hydrogen (secondary N) is 1. The lowest BCUT2D eigenvalue weighted by atomic mass is 10.0. The number of halogens is 1. The average molecular weight is 288 g/mol. The fraction of sp³-hybridized carbons (Fsp3) is 0.692. The van der Waals surface area contributed by atoms with Crippen LogP contribution in [-0.4, -0.2) is 6.54 Å². The molecule has 0 aromatic carbocycles. The van der Waals surface area contributed by atoms with Crippen LogP contribution in [0.5, 0.6) is 0 Å². The van der Waals surface area contributed by atoms with Gasteiger partial charge in [-0.3, -0.25) is 0 Å². The molecule has 92 valence electrons. The minimum atomic E-state index is 0.430. The minimum absolute atomic E-state index is 0.430. The molecule has 1 aromatic heterocycles. The summed E-state index contributed by atoms with van der Waals surface area (Å²) in [4.78, 5) is 0. The van der Waals surface area contributed by atoms with E-state index in [9.17, 15) is 0 Å². The van der Waals surface area contributed by atoms with Crippen molar-refractivity contribution in [2.24, 2.45) is 0 Å². The van der Waals surface area contributed by atoms with Gasteiger partial charge in [-0.15, -0.1) is 0 Å². The van der Waals surface area contributed by atoms with Crippen molar-refractivity contribution in [2.75, 3.05) is 6.54 Å². The van der Waals surface area contributed by atoms with Crippen molar-refractivity contribution in [2.45, 2.75) is 52.0 Å². The van der Waals surface area contributed by atoms with Crippen molar-refractivity contribution in [3.05, 3.63) is 22.6 Å². The maximum Gasteiger partial charge on any atom is 0.173 e. The van der Waals surface area contributed by atoms with Crippen molar-refractivity contribution in [1.82, 2.24) is 5.32 Å². The van der Waals surface area contributed by atoms with Gasteiger partial charge < -0.3 is 9.73 Å². The van der Waals surface area contributed by atoms with Crippen molar-refractivity contribution in [3.63, 3.8) is 0 Å². The predicted octanol–water partition coefficient (Wildman–Crippen LogP) is 4.66. The van der Waals surface area contributed by atoms with Crippen molar-refractivity contribution >= 4 is 15.9 Å². The summed E-state index contributed by atoms with van der Waals surface area (Å²) in [6, 6.07) is 2.49. The summed E-state index contributed by atoms with van der Waals surface area (Å²) in [5, 5.41) is 3.58. The Morgan fingerprint density at radius 2 is 2.12 bits per heavy atom. The summed E-state index contributed by atoms with van der Waals surface area (Å²) in [5.74, 6) is 0. The zero-order chi connectivity index (χ0) is 11.8. The third-order valence-electron chi connectivity index (χ3n) is 2.76. The highest BCUT2D eigenvalue weighted by Crippen LogP contribution is 2.28. The molecule has 1 unspecified atom stereocenters. The molecule has 0 aliphatic rings. The highest BCUT2D eigenvalue weighted by atomic mass is 79.9. The van der Waals surface area contributed by atoms with Gasteiger partial charge in [0.15, 0.2) is 4.67 Å². The van der Waals surface area contributed by atoms with Crippen LogP contribution in [0.1, 0.15) is 57.6 Å². The third kappa shape index (κ3) is 4.30. The number of hydrogen-bond acceptors (Lipinski definition) is 2. The molecule has 0 radical (unpaired) electrons. The molecule has 1 atom stereocenters. The molecule has 0 aliphatic heterocycles. The van der Waals surface area contributed by atoms with Gasteiger partial charge in [0.2, 0.25) is 0 Å². The molecule has 0 spiro atoms. The maximum absolute atomic E-state index is 5.31. The van der Waals surface area contributed by atoms with Crippen LogP contribution in [0.4, 0.5) is 0 Å². The van der Waals surface area contributed by atoms with Crippen LogP contribution in [-0.2, 0) is 0 Å². The van der Waals surface area contributed by atoms with Gasteiger partial charge in [-0.1, -0.05) is 33.1 Å². The zero-order valence-electron chi connectivity index (χ0n) is 10.3. The quantitative estimate of drug-likeness (QED) is 0.704. The fourth-order valence-corrected chi connectivity index (χ4v) is 2.35. The van der Waals surface area contributed by atoms with Gasteiger partial charge in [-0.25, -0.2) is 0 Å². The Morgan fingerprint density at radius 3 is 2.69 bits per heavy atom. The van der Waals surface area contributed by atoms with Crippen LogP contribution in [0.25, 0.3) is 0 Å². The second-order valence-electron chi connectivity index (χ2n) is 4.15. The van der Waals surface area contributed by atoms with Crippen LogP contribution in [0.15, 0.2) is 21.4 Å². The Kier molecular flexibility index (Phi) is 6.81. The molecule has 0 aliphatic carbocycles. The summed E-state index contributed by atoms with van der Waals surface area (Å²) >= 11 is 3.46. The number of furan rings is 1. The van der Waals surface area contributed by atoms with E-state index < -0.39 is 0 Å². The topological polar surface area (TPSA) is 25.2 Å². The molecule has 0 fully saturated rings. The SMILES string of the molecule is CCCCCC(NCCC)c1ccoc1Br. The Bertz CT molecular complexity index is 285. The van der Waals surface area contributed by atoms with Gasteiger partial charge >= 0.3 is 0 Å². The fourth-order valence-electron chi connectivity index (χ4n) is 1.84. The van der Waals surface area contributed by atoms with E-state index in [1.54, 1.807) is 6.26 Å². The van der Waals surface area contributed by atoms with Crippen LogP contribution < -0.4 is 5.32 Å². The van der Waals surface area contributed by atoms with Crippen LogP contribution >= 0.6 is 15.9 Å². The van der Waals surface area contributed by atoms with Gasteiger partial charge in [-0.2, -0.15) is 0 Å². The largest absolute Gasteiger partial charge is 0.457 e. The molecule has 0 bridgehead atoms. The highest BCUT2D eigenvalue weighted by molar-refractivity contribution is 9.10. The van der Waals surface area contributed by atoms with Crippen LogP contribution in [0, 0.1) is 0 Å². The number of unbranched alkanes of at least 4 members (excludes halogenated alkanes) is 2. The summed E-state index contributed by atoms with van der Waals surface area (Å²) in [6.45, 7) is 5.50. The van der Waals surface area contributed by atoms with Crippen molar-refractivity contribution < 1.29 is 4.42 Å². The summed E-state index contributed by atoms with van der Waals surface area (Å²) in [6.07, 6.45) is 7.95. The molecule has 1 aromatic rings. The van der Waals surface area contributed by atoms with E-state index in [0.717, 1.165) is 11.2 Å². The van der Waals surface area contributed by atoms with E-state index in [1.165, 1.54) is 37.7 Å². The standard InChI is InChI=1S/C13H22BrNO/c1-3-5-6-7-12(15-9-4-2)11-8-10-16-13(11)14/h8,10,12,15H,3-7,9H2,1-2H3. The Morgan fingerprint density at radius 1 is 1.31 bits per heavy atom. The van der Waals surface area contributed by atoms with Gasteiger partial charge in [0.1, 0.15) is 0 Å². The van der Waals surface area contributed by atoms with Gasteiger partial charge in [0.05, 0.1) is 6.26 Å². The first-order valence-corrected chi connectivity index (χ1v) is 7.05. The summed E-state index contributed by atoms with van der Waals surface area (Å²) in [5.41, 5.74) is 1.25. The molecule has 2 nitrogen and oxygen atoms in total. The molecule has 16 heavy (non-hydrogen) atoms. The van der Waals surface area contributed by atoms with E-state index in [4.69, 9.17) is 4.42 Å². The monoisotopic (exact) mass is 287 g/mol. The van der Waals surface area contributed by atoms with E-state index >= 15 is 0 Å². The first-order valence-electron chi connectivity index (χ1n) is 6.25.